The molecular formula is C13H9F2N3O3S. The Labute approximate surface area is 122 Å². The second kappa shape index (κ2) is 4.95. The average molecular weight is 325 g/mol. The first-order valence-electron chi connectivity index (χ1n) is 6.05. The van der Waals surface area contributed by atoms with Gasteiger partial charge >= 0.3 is 5.69 Å². The standard InChI is InChI=1S/C13H9F2N3O3S/c14-7-1-4-12(9(15)5-7)22(20,21)18-8-2-3-10-11(6-8)17-13(19)16-10/h1-6,18H,(H2,16,17,19). The van der Waals surface area contributed by atoms with Gasteiger partial charge in [-0.25, -0.2) is 22.0 Å². The van der Waals surface area contributed by atoms with Gasteiger partial charge in [0.05, 0.1) is 16.7 Å². The van der Waals surface area contributed by atoms with Crippen LogP contribution in [0.25, 0.3) is 11.0 Å². The van der Waals surface area contributed by atoms with Crippen molar-refractivity contribution >= 4 is 26.7 Å². The predicted octanol–water partition coefficient (Wildman–Crippen LogP) is 1.94. The van der Waals surface area contributed by atoms with E-state index in [9.17, 15) is 22.0 Å². The molecule has 9 heteroatoms. The molecule has 0 spiro atoms. The zero-order valence-electron chi connectivity index (χ0n) is 10.9. The maximum Gasteiger partial charge on any atom is 0.323 e. The molecule has 6 nitrogen and oxygen atoms in total. The van der Waals surface area contributed by atoms with Crippen molar-refractivity contribution in [3.63, 3.8) is 0 Å². The van der Waals surface area contributed by atoms with E-state index in [4.69, 9.17) is 0 Å². The van der Waals surface area contributed by atoms with Gasteiger partial charge in [0, 0.05) is 6.07 Å². The minimum absolute atomic E-state index is 0.131. The molecule has 0 saturated carbocycles. The smallest absolute Gasteiger partial charge is 0.306 e. The summed E-state index contributed by atoms with van der Waals surface area (Å²) in [7, 11) is -4.22. The number of rotatable bonds is 3. The lowest BCUT2D eigenvalue weighted by Crippen LogP contribution is -2.14. The molecule has 0 aliphatic rings. The van der Waals surface area contributed by atoms with Gasteiger partial charge in [-0.15, -0.1) is 0 Å². The molecule has 3 aromatic rings. The van der Waals surface area contributed by atoms with Crippen molar-refractivity contribution in [1.29, 1.82) is 0 Å². The van der Waals surface area contributed by atoms with E-state index in [0.29, 0.717) is 17.1 Å². The number of sulfonamides is 1. The Kier molecular flexibility index (Phi) is 3.21. The molecule has 1 heterocycles. The Bertz CT molecular complexity index is 1020. The lowest BCUT2D eigenvalue weighted by Gasteiger charge is -2.09. The van der Waals surface area contributed by atoms with E-state index in [1.54, 1.807) is 0 Å². The van der Waals surface area contributed by atoms with Gasteiger partial charge in [0.25, 0.3) is 10.0 Å². The van der Waals surface area contributed by atoms with Gasteiger partial charge in [0.2, 0.25) is 0 Å². The number of imidazole rings is 1. The first-order chi connectivity index (χ1) is 10.3. The Morgan fingerprint density at radius 3 is 2.41 bits per heavy atom. The zero-order valence-corrected chi connectivity index (χ0v) is 11.7. The number of benzene rings is 2. The number of fused-ring (bicyclic) bond motifs is 1. The van der Waals surface area contributed by atoms with E-state index in [-0.39, 0.29) is 5.69 Å². The fourth-order valence-corrected chi connectivity index (χ4v) is 3.11. The van der Waals surface area contributed by atoms with Gasteiger partial charge in [0.1, 0.15) is 16.5 Å². The molecule has 2 aromatic carbocycles. The lowest BCUT2D eigenvalue weighted by atomic mass is 10.3. The lowest BCUT2D eigenvalue weighted by molar-refractivity contribution is 0.551. The number of hydrogen-bond acceptors (Lipinski definition) is 3. The molecular weight excluding hydrogens is 316 g/mol. The minimum Gasteiger partial charge on any atom is -0.306 e. The van der Waals surface area contributed by atoms with Gasteiger partial charge in [-0.2, -0.15) is 0 Å². The van der Waals surface area contributed by atoms with E-state index in [1.165, 1.54) is 18.2 Å². The van der Waals surface area contributed by atoms with Crippen molar-refractivity contribution < 1.29 is 17.2 Å². The molecule has 3 N–H and O–H groups in total. The second-order valence-corrected chi connectivity index (χ2v) is 6.17. The minimum atomic E-state index is -4.22. The molecule has 114 valence electrons. The molecule has 0 aliphatic heterocycles. The molecule has 0 radical (unpaired) electrons. The summed E-state index contributed by atoms with van der Waals surface area (Å²) in [5, 5.41) is 0. The molecule has 0 fully saturated rings. The first kappa shape index (κ1) is 14.3. The van der Waals surface area contributed by atoms with Crippen molar-refractivity contribution in [3.05, 3.63) is 58.5 Å². The highest BCUT2D eigenvalue weighted by molar-refractivity contribution is 7.92. The van der Waals surface area contributed by atoms with E-state index in [0.717, 1.165) is 12.1 Å². The summed E-state index contributed by atoms with van der Waals surface area (Å²) in [6.45, 7) is 0. The van der Waals surface area contributed by atoms with E-state index in [2.05, 4.69) is 14.7 Å². The number of aromatic nitrogens is 2. The highest BCUT2D eigenvalue weighted by Gasteiger charge is 2.19. The van der Waals surface area contributed by atoms with Crippen LogP contribution < -0.4 is 10.4 Å². The largest absolute Gasteiger partial charge is 0.323 e. The number of hydrogen-bond donors (Lipinski definition) is 3. The topological polar surface area (TPSA) is 94.8 Å². The number of nitrogens with one attached hydrogen (secondary N) is 3. The molecule has 0 amide bonds. The van der Waals surface area contributed by atoms with Gasteiger partial charge < -0.3 is 9.97 Å². The molecule has 0 unspecified atom stereocenters. The van der Waals surface area contributed by atoms with Crippen LogP contribution in [0.15, 0.2) is 46.1 Å². The highest BCUT2D eigenvalue weighted by Crippen LogP contribution is 2.21. The SMILES string of the molecule is O=c1[nH]c2ccc(NS(=O)(=O)c3ccc(F)cc3F)cc2[nH]1. The van der Waals surface area contributed by atoms with Crippen molar-refractivity contribution in [1.82, 2.24) is 9.97 Å². The van der Waals surface area contributed by atoms with E-state index < -0.39 is 32.2 Å². The van der Waals surface area contributed by atoms with Gasteiger partial charge in [-0.1, -0.05) is 0 Å². The van der Waals surface area contributed by atoms with Crippen molar-refractivity contribution in [2.45, 2.75) is 4.90 Å². The summed E-state index contributed by atoms with van der Waals surface area (Å²) < 4.78 is 52.9. The molecule has 0 atom stereocenters. The van der Waals surface area contributed by atoms with Crippen LogP contribution >= 0.6 is 0 Å². The number of aromatic amines is 2. The first-order valence-corrected chi connectivity index (χ1v) is 7.53. The van der Waals surface area contributed by atoms with Crippen LogP contribution in [-0.4, -0.2) is 18.4 Å². The maximum absolute atomic E-state index is 13.6. The van der Waals surface area contributed by atoms with Crippen molar-refractivity contribution in [2.24, 2.45) is 0 Å². The summed E-state index contributed by atoms with van der Waals surface area (Å²) >= 11 is 0. The third-order valence-corrected chi connectivity index (χ3v) is 4.37. The summed E-state index contributed by atoms with van der Waals surface area (Å²) in [5.74, 6) is -2.06. The normalized spacial score (nSPS) is 11.7. The Balaban J connectivity index is 2.00. The number of H-pyrrole nitrogens is 2. The molecule has 1 aromatic heterocycles. The van der Waals surface area contributed by atoms with Gasteiger partial charge in [-0.05, 0) is 30.3 Å². The summed E-state index contributed by atoms with van der Waals surface area (Å²) in [6.07, 6.45) is 0. The Morgan fingerprint density at radius 1 is 0.955 bits per heavy atom. The molecule has 0 saturated heterocycles. The van der Waals surface area contributed by atoms with Crippen molar-refractivity contribution in [2.75, 3.05) is 4.72 Å². The molecule has 22 heavy (non-hydrogen) atoms. The molecule has 0 aliphatic carbocycles. The van der Waals surface area contributed by atoms with Crippen LogP contribution in [0.3, 0.4) is 0 Å². The second-order valence-electron chi connectivity index (χ2n) is 4.52. The average Bonchev–Trinajstić information content (AvgIpc) is 2.77. The Hall–Kier alpha value is -2.68. The molecule has 0 bridgehead atoms. The van der Waals surface area contributed by atoms with Crippen molar-refractivity contribution in [3.8, 4) is 0 Å². The monoisotopic (exact) mass is 325 g/mol. The fraction of sp³-hybridized carbons (Fsp3) is 0. The van der Waals surface area contributed by atoms with Gasteiger partial charge in [-0.3, -0.25) is 4.72 Å². The van der Waals surface area contributed by atoms with E-state index in [1.807, 2.05) is 0 Å². The predicted molar refractivity (Wildman–Crippen MR) is 76.1 cm³/mol. The van der Waals surface area contributed by atoms with Crippen LogP contribution in [0.2, 0.25) is 0 Å². The summed E-state index contributed by atoms with van der Waals surface area (Å²) in [6, 6.07) is 6.46. The highest BCUT2D eigenvalue weighted by atomic mass is 32.2. The van der Waals surface area contributed by atoms with Crippen LogP contribution in [0.5, 0.6) is 0 Å². The molecule has 3 rings (SSSR count). The third-order valence-electron chi connectivity index (χ3n) is 2.95. The zero-order chi connectivity index (χ0) is 15.9. The summed E-state index contributed by atoms with van der Waals surface area (Å²) in [4.78, 5) is 15.5. The number of anilines is 1. The van der Waals surface area contributed by atoms with Crippen LogP contribution in [0.1, 0.15) is 0 Å². The van der Waals surface area contributed by atoms with Gasteiger partial charge in [0.15, 0.2) is 0 Å². The Morgan fingerprint density at radius 2 is 1.68 bits per heavy atom. The summed E-state index contributed by atoms with van der Waals surface area (Å²) in [5.41, 5.74) is 0.594. The van der Waals surface area contributed by atoms with Crippen LogP contribution in [-0.2, 0) is 10.0 Å². The van der Waals surface area contributed by atoms with E-state index >= 15 is 0 Å². The third kappa shape index (κ3) is 2.58. The maximum atomic E-state index is 13.6. The fourth-order valence-electron chi connectivity index (χ4n) is 2.00. The van der Waals surface area contributed by atoms with Crippen LogP contribution in [0.4, 0.5) is 14.5 Å². The number of halogens is 2. The van der Waals surface area contributed by atoms with Crippen LogP contribution in [0, 0.1) is 11.6 Å². The quantitative estimate of drug-likeness (QED) is 0.687.